The maximum absolute atomic E-state index is 10.6. The zero-order chi connectivity index (χ0) is 9.53. The van der Waals surface area contributed by atoms with Gasteiger partial charge < -0.3 is 0 Å². The van der Waals surface area contributed by atoms with Crippen LogP contribution in [0.25, 0.3) is 0 Å². The monoisotopic (exact) mass is 204 g/mol. The molecule has 0 aliphatic heterocycles. The first-order valence-corrected chi connectivity index (χ1v) is 6.31. The van der Waals surface area contributed by atoms with Crippen LogP contribution in [0.1, 0.15) is 32.1 Å². The minimum atomic E-state index is -3.47. The summed E-state index contributed by atoms with van der Waals surface area (Å²) in [6.07, 6.45) is 6.43. The van der Waals surface area contributed by atoms with Crippen LogP contribution in [0, 0.1) is 11.3 Å². The van der Waals surface area contributed by atoms with Crippen molar-refractivity contribution in [2.24, 2.45) is 16.5 Å². The zero-order valence-corrected chi connectivity index (χ0v) is 8.44. The molecule has 4 nitrogen and oxygen atoms in total. The van der Waals surface area contributed by atoms with E-state index >= 15 is 0 Å². The Kier molecular flexibility index (Phi) is 2.13. The van der Waals surface area contributed by atoms with E-state index in [4.69, 9.17) is 5.14 Å². The van der Waals surface area contributed by atoms with Crippen molar-refractivity contribution in [1.82, 2.24) is 4.72 Å². The molecule has 0 bridgehead atoms. The van der Waals surface area contributed by atoms with Gasteiger partial charge in [0.25, 0.3) is 10.2 Å². The molecule has 5 heteroatoms. The molecule has 0 aromatic carbocycles. The van der Waals surface area contributed by atoms with Gasteiger partial charge >= 0.3 is 0 Å². The Hall–Kier alpha value is -0.130. The molecule has 0 saturated heterocycles. The van der Waals surface area contributed by atoms with Crippen molar-refractivity contribution >= 4 is 10.2 Å². The molecule has 2 aliphatic rings. The lowest BCUT2D eigenvalue weighted by molar-refractivity contribution is -0.0216. The van der Waals surface area contributed by atoms with Gasteiger partial charge in [-0.3, -0.25) is 0 Å². The van der Waals surface area contributed by atoms with Crippen molar-refractivity contribution in [3.63, 3.8) is 0 Å². The summed E-state index contributed by atoms with van der Waals surface area (Å²) in [6.45, 7) is 0.528. The van der Waals surface area contributed by atoms with Crippen LogP contribution in [-0.2, 0) is 10.2 Å². The van der Waals surface area contributed by atoms with E-state index in [0.29, 0.717) is 17.9 Å². The number of hydrogen-bond acceptors (Lipinski definition) is 2. The first-order chi connectivity index (χ1) is 5.99. The lowest BCUT2D eigenvalue weighted by Crippen LogP contribution is -2.47. The third kappa shape index (κ3) is 2.03. The minimum absolute atomic E-state index is 0.527. The number of nitrogens with one attached hydrogen (secondary N) is 1. The Morgan fingerprint density at radius 1 is 1.38 bits per heavy atom. The maximum Gasteiger partial charge on any atom is 0.274 e. The van der Waals surface area contributed by atoms with Crippen LogP contribution in [0.2, 0.25) is 0 Å². The summed E-state index contributed by atoms with van der Waals surface area (Å²) in [4.78, 5) is 0. The fourth-order valence-corrected chi connectivity index (χ4v) is 3.10. The first kappa shape index (κ1) is 9.43. The topological polar surface area (TPSA) is 72.2 Å². The van der Waals surface area contributed by atoms with Crippen molar-refractivity contribution in [3.8, 4) is 0 Å². The number of hydrogen-bond donors (Lipinski definition) is 2. The molecule has 0 amide bonds. The Bertz CT molecular complexity index is 287. The predicted molar refractivity (Wildman–Crippen MR) is 50.1 cm³/mol. The Balaban J connectivity index is 1.70. The Labute approximate surface area is 79.1 Å². The summed E-state index contributed by atoms with van der Waals surface area (Å²) in [6, 6.07) is 0. The average molecular weight is 204 g/mol. The average Bonchev–Trinajstić information content (AvgIpc) is 1.77. The highest BCUT2D eigenvalue weighted by Gasteiger charge is 2.47. The van der Waals surface area contributed by atoms with Crippen molar-refractivity contribution < 1.29 is 8.42 Å². The van der Waals surface area contributed by atoms with Gasteiger partial charge in [-0.15, -0.1) is 0 Å². The van der Waals surface area contributed by atoms with Gasteiger partial charge in [-0.1, -0.05) is 6.42 Å². The van der Waals surface area contributed by atoms with Crippen LogP contribution in [-0.4, -0.2) is 15.0 Å². The molecule has 1 spiro atoms. The van der Waals surface area contributed by atoms with Crippen LogP contribution in [0.15, 0.2) is 0 Å². The highest BCUT2D eigenvalue weighted by atomic mass is 32.2. The Morgan fingerprint density at radius 3 is 2.38 bits per heavy atom. The van der Waals surface area contributed by atoms with Crippen LogP contribution < -0.4 is 9.86 Å². The molecule has 0 atom stereocenters. The summed E-state index contributed by atoms with van der Waals surface area (Å²) in [5.41, 5.74) is 0.616. The molecule has 3 N–H and O–H groups in total. The molecule has 2 aliphatic carbocycles. The molecule has 2 rings (SSSR count). The summed E-state index contributed by atoms with van der Waals surface area (Å²) in [7, 11) is -3.47. The van der Waals surface area contributed by atoms with Gasteiger partial charge in [-0.05, 0) is 37.0 Å². The van der Waals surface area contributed by atoms with E-state index in [1.165, 1.54) is 32.1 Å². The van der Waals surface area contributed by atoms with Gasteiger partial charge in [0.15, 0.2) is 0 Å². The van der Waals surface area contributed by atoms with Crippen LogP contribution in [0.4, 0.5) is 0 Å². The highest BCUT2D eigenvalue weighted by Crippen LogP contribution is 2.58. The van der Waals surface area contributed by atoms with Crippen molar-refractivity contribution in [1.29, 1.82) is 0 Å². The molecule has 0 unspecified atom stereocenters. The highest BCUT2D eigenvalue weighted by molar-refractivity contribution is 7.87. The van der Waals surface area contributed by atoms with E-state index < -0.39 is 10.2 Å². The van der Waals surface area contributed by atoms with Gasteiger partial charge in [0.1, 0.15) is 0 Å². The van der Waals surface area contributed by atoms with E-state index in [1.807, 2.05) is 0 Å². The largest absolute Gasteiger partial charge is 0.274 e. The minimum Gasteiger partial charge on any atom is -0.216 e. The van der Waals surface area contributed by atoms with Crippen LogP contribution in [0.5, 0.6) is 0 Å². The molecule has 0 aromatic rings. The SMILES string of the molecule is NS(=O)(=O)NCC1CC2(CCC2)C1. The predicted octanol–water partition coefficient (Wildman–Crippen LogP) is 0.360. The zero-order valence-electron chi connectivity index (χ0n) is 7.62. The van der Waals surface area contributed by atoms with Gasteiger partial charge in [0.05, 0.1) is 0 Å². The summed E-state index contributed by atoms with van der Waals surface area (Å²) < 4.78 is 23.5. The fourth-order valence-electron chi connectivity index (χ4n) is 2.63. The smallest absolute Gasteiger partial charge is 0.216 e. The van der Waals surface area contributed by atoms with E-state index in [1.54, 1.807) is 0 Å². The second kappa shape index (κ2) is 2.93. The van der Waals surface area contributed by atoms with Gasteiger partial charge in [-0.2, -0.15) is 8.42 Å². The summed E-state index contributed by atoms with van der Waals surface area (Å²) in [5.74, 6) is 0.527. The number of rotatable bonds is 3. The van der Waals surface area contributed by atoms with Gasteiger partial charge in [0.2, 0.25) is 0 Å². The second-order valence-corrected chi connectivity index (χ2v) is 5.90. The standard InChI is InChI=1S/C8H16N2O2S/c9-13(11,12)10-6-7-4-8(5-7)2-1-3-8/h7,10H,1-6H2,(H2,9,11,12). The normalized spacial score (nSPS) is 26.8. The van der Waals surface area contributed by atoms with Gasteiger partial charge in [0, 0.05) is 6.54 Å². The third-order valence-corrected chi connectivity index (χ3v) is 4.00. The van der Waals surface area contributed by atoms with Crippen molar-refractivity contribution in [3.05, 3.63) is 0 Å². The molecule has 76 valence electrons. The van der Waals surface area contributed by atoms with E-state index in [0.717, 1.165) is 0 Å². The van der Waals surface area contributed by atoms with Crippen LogP contribution >= 0.6 is 0 Å². The second-order valence-electron chi connectivity index (χ2n) is 4.52. The lowest BCUT2D eigenvalue weighted by atomic mass is 9.52. The maximum atomic E-state index is 10.6. The molecule has 0 heterocycles. The van der Waals surface area contributed by atoms with Crippen molar-refractivity contribution in [2.75, 3.05) is 6.54 Å². The molecular formula is C8H16N2O2S. The fraction of sp³-hybridized carbons (Fsp3) is 1.00. The van der Waals surface area contributed by atoms with E-state index in [-0.39, 0.29) is 0 Å². The number of nitrogens with two attached hydrogens (primary N) is 1. The molecule has 2 saturated carbocycles. The van der Waals surface area contributed by atoms with Gasteiger partial charge in [-0.25, -0.2) is 9.86 Å². The molecule has 0 radical (unpaired) electrons. The lowest BCUT2D eigenvalue weighted by Gasteiger charge is -2.54. The van der Waals surface area contributed by atoms with E-state index in [9.17, 15) is 8.42 Å². The third-order valence-electron chi connectivity index (χ3n) is 3.43. The van der Waals surface area contributed by atoms with Crippen LogP contribution in [0.3, 0.4) is 0 Å². The molecule has 13 heavy (non-hydrogen) atoms. The summed E-state index contributed by atoms with van der Waals surface area (Å²) in [5, 5.41) is 4.84. The molecular weight excluding hydrogens is 188 g/mol. The van der Waals surface area contributed by atoms with E-state index in [2.05, 4.69) is 4.72 Å². The molecule has 0 aromatic heterocycles. The molecule has 2 fully saturated rings. The Morgan fingerprint density at radius 2 is 2.00 bits per heavy atom. The first-order valence-electron chi connectivity index (χ1n) is 4.77. The quantitative estimate of drug-likeness (QED) is 0.696. The van der Waals surface area contributed by atoms with Crippen molar-refractivity contribution in [2.45, 2.75) is 32.1 Å². The summed E-state index contributed by atoms with van der Waals surface area (Å²) >= 11 is 0.